The van der Waals surface area contributed by atoms with Gasteiger partial charge < -0.3 is 4.74 Å². The molecule has 1 unspecified atom stereocenters. The zero-order valence-corrected chi connectivity index (χ0v) is 18.3. The van der Waals surface area contributed by atoms with E-state index in [1.165, 1.54) is 42.4 Å². The number of carbonyl (C=O) groups excluding carboxylic acids is 1. The van der Waals surface area contributed by atoms with E-state index in [4.69, 9.17) is 4.74 Å². The fourth-order valence-electron chi connectivity index (χ4n) is 4.20. The average Bonchev–Trinajstić information content (AvgIpc) is 2.74. The predicted octanol–water partition coefficient (Wildman–Crippen LogP) is 6.29. The molecule has 3 nitrogen and oxygen atoms in total. The van der Waals surface area contributed by atoms with Gasteiger partial charge in [-0.25, -0.2) is 0 Å². The minimum atomic E-state index is -0.268. The summed E-state index contributed by atoms with van der Waals surface area (Å²) in [6, 6.07) is 20.6. The van der Waals surface area contributed by atoms with Crippen LogP contribution in [0.5, 0.6) is 0 Å². The van der Waals surface area contributed by atoms with E-state index < -0.39 is 0 Å². The first-order chi connectivity index (χ1) is 14.8. The summed E-state index contributed by atoms with van der Waals surface area (Å²) in [5.74, 6) is -0.104. The van der Waals surface area contributed by atoms with Gasteiger partial charge in [-0.3, -0.25) is 9.69 Å². The van der Waals surface area contributed by atoms with Crippen molar-refractivity contribution in [1.29, 1.82) is 0 Å². The maximum absolute atomic E-state index is 13.1. The van der Waals surface area contributed by atoms with E-state index in [1.54, 1.807) is 0 Å². The summed E-state index contributed by atoms with van der Waals surface area (Å²) in [4.78, 5) is 15.4. The third kappa shape index (κ3) is 7.14. The molecule has 0 saturated heterocycles. The largest absolute Gasteiger partial charge is 0.465 e. The lowest BCUT2D eigenvalue weighted by molar-refractivity contribution is -0.150. The van der Waals surface area contributed by atoms with Crippen molar-refractivity contribution < 1.29 is 9.53 Å². The predicted molar refractivity (Wildman–Crippen MR) is 123 cm³/mol. The number of rotatable bonds is 9. The van der Waals surface area contributed by atoms with Gasteiger partial charge in [-0.1, -0.05) is 85.2 Å². The lowest BCUT2D eigenvalue weighted by Gasteiger charge is -2.31. The van der Waals surface area contributed by atoms with E-state index in [0.717, 1.165) is 32.4 Å². The van der Waals surface area contributed by atoms with Crippen molar-refractivity contribution in [3.63, 3.8) is 0 Å². The van der Waals surface area contributed by atoms with Crippen molar-refractivity contribution in [1.82, 2.24) is 4.90 Å². The van der Waals surface area contributed by atoms with Crippen LogP contribution in [0.15, 0.2) is 72.3 Å². The van der Waals surface area contributed by atoms with E-state index in [1.807, 2.05) is 19.1 Å². The second-order valence-electron chi connectivity index (χ2n) is 8.16. The van der Waals surface area contributed by atoms with Crippen LogP contribution >= 0.6 is 0 Å². The standard InChI is InChI=1S/C27H35NO2/c1-2-30-27(29)26(20-23-14-8-4-3-5-9-15-23)28(21-24-16-10-6-11-17-24)22-25-18-12-7-13-19-25/h6-7,10-14,16-19,26H,2-5,8-9,15,20-22H2,1H3/b23-14+. The Labute approximate surface area is 181 Å². The Morgan fingerprint density at radius 2 is 1.50 bits per heavy atom. The lowest BCUT2D eigenvalue weighted by Crippen LogP contribution is -2.42. The van der Waals surface area contributed by atoms with Gasteiger partial charge in [0, 0.05) is 13.1 Å². The molecule has 0 bridgehead atoms. The monoisotopic (exact) mass is 405 g/mol. The molecule has 0 heterocycles. The van der Waals surface area contributed by atoms with Crippen molar-refractivity contribution in [2.75, 3.05) is 6.61 Å². The topological polar surface area (TPSA) is 29.5 Å². The zero-order valence-electron chi connectivity index (χ0n) is 18.3. The third-order valence-corrected chi connectivity index (χ3v) is 5.80. The quantitative estimate of drug-likeness (QED) is 0.363. The van der Waals surface area contributed by atoms with Crippen molar-refractivity contribution in [3.8, 4) is 0 Å². The molecule has 1 aliphatic rings. The normalized spacial score (nSPS) is 17.5. The van der Waals surface area contributed by atoms with Crippen LogP contribution in [0.25, 0.3) is 0 Å². The lowest BCUT2D eigenvalue weighted by atomic mass is 9.94. The number of nitrogens with zero attached hydrogens (tertiary/aromatic N) is 1. The molecule has 1 atom stereocenters. The summed E-state index contributed by atoms with van der Waals surface area (Å²) in [7, 11) is 0. The highest BCUT2D eigenvalue weighted by atomic mass is 16.5. The van der Waals surface area contributed by atoms with E-state index >= 15 is 0 Å². The summed E-state index contributed by atoms with van der Waals surface area (Å²) in [5, 5.41) is 0. The summed E-state index contributed by atoms with van der Waals surface area (Å²) >= 11 is 0. The molecule has 160 valence electrons. The summed E-state index contributed by atoms with van der Waals surface area (Å²) in [6.07, 6.45) is 10.5. The Bertz CT molecular complexity index is 744. The molecule has 3 heteroatoms. The second kappa shape index (κ2) is 12.3. The molecule has 2 aromatic rings. The molecule has 0 fully saturated rings. The van der Waals surface area contributed by atoms with Gasteiger partial charge in [0.15, 0.2) is 0 Å². The summed E-state index contributed by atoms with van der Waals surface area (Å²) in [6.45, 7) is 3.76. The average molecular weight is 406 g/mol. The smallest absolute Gasteiger partial charge is 0.323 e. The van der Waals surface area contributed by atoms with Gasteiger partial charge in [0.2, 0.25) is 0 Å². The summed E-state index contributed by atoms with van der Waals surface area (Å²) < 4.78 is 5.55. The van der Waals surface area contributed by atoms with Crippen LogP contribution in [0, 0.1) is 0 Å². The van der Waals surface area contributed by atoms with Gasteiger partial charge in [0.05, 0.1) is 6.61 Å². The van der Waals surface area contributed by atoms with Crippen molar-refractivity contribution >= 4 is 5.97 Å². The Balaban J connectivity index is 1.86. The second-order valence-corrected chi connectivity index (χ2v) is 8.16. The number of allylic oxidation sites excluding steroid dienone is 1. The van der Waals surface area contributed by atoms with Crippen LogP contribution in [-0.4, -0.2) is 23.5 Å². The first kappa shape index (κ1) is 22.3. The fourth-order valence-corrected chi connectivity index (χ4v) is 4.20. The molecule has 0 amide bonds. The van der Waals surface area contributed by atoms with Crippen molar-refractivity contribution in [2.45, 2.75) is 71.0 Å². The first-order valence-electron chi connectivity index (χ1n) is 11.4. The highest BCUT2D eigenvalue weighted by molar-refractivity contribution is 5.76. The fraction of sp³-hybridized carbons (Fsp3) is 0.444. The Morgan fingerprint density at radius 1 is 0.900 bits per heavy atom. The van der Waals surface area contributed by atoms with Crippen LogP contribution in [0.4, 0.5) is 0 Å². The van der Waals surface area contributed by atoms with Crippen LogP contribution in [0.2, 0.25) is 0 Å². The molecule has 0 aliphatic heterocycles. The molecule has 3 rings (SSSR count). The molecular weight excluding hydrogens is 370 g/mol. The van der Waals surface area contributed by atoms with Crippen LogP contribution in [0.3, 0.4) is 0 Å². The molecule has 0 aromatic heterocycles. The number of ether oxygens (including phenoxy) is 1. The number of hydrogen-bond donors (Lipinski definition) is 0. The molecule has 0 spiro atoms. The third-order valence-electron chi connectivity index (χ3n) is 5.80. The van der Waals surface area contributed by atoms with Gasteiger partial charge in [0.25, 0.3) is 0 Å². The Hall–Kier alpha value is -2.39. The van der Waals surface area contributed by atoms with E-state index in [0.29, 0.717) is 6.61 Å². The molecule has 0 saturated carbocycles. The van der Waals surface area contributed by atoms with Gasteiger partial charge in [-0.15, -0.1) is 0 Å². The molecular formula is C27H35NO2. The minimum absolute atomic E-state index is 0.104. The number of esters is 1. The molecule has 0 N–H and O–H groups in total. The van der Waals surface area contributed by atoms with E-state index in [-0.39, 0.29) is 12.0 Å². The van der Waals surface area contributed by atoms with Gasteiger partial charge in [-0.05, 0) is 50.2 Å². The highest BCUT2D eigenvalue weighted by Crippen LogP contribution is 2.25. The highest BCUT2D eigenvalue weighted by Gasteiger charge is 2.28. The van der Waals surface area contributed by atoms with Gasteiger partial charge in [0.1, 0.15) is 6.04 Å². The van der Waals surface area contributed by atoms with Gasteiger partial charge in [-0.2, -0.15) is 0 Å². The van der Waals surface area contributed by atoms with E-state index in [2.05, 4.69) is 59.5 Å². The number of benzene rings is 2. The molecule has 1 aliphatic carbocycles. The van der Waals surface area contributed by atoms with Crippen LogP contribution < -0.4 is 0 Å². The Morgan fingerprint density at radius 3 is 2.10 bits per heavy atom. The van der Waals surface area contributed by atoms with Crippen molar-refractivity contribution in [2.24, 2.45) is 0 Å². The Kier molecular flexibility index (Phi) is 9.17. The number of hydrogen-bond acceptors (Lipinski definition) is 3. The molecule has 0 radical (unpaired) electrons. The molecule has 30 heavy (non-hydrogen) atoms. The van der Waals surface area contributed by atoms with E-state index in [9.17, 15) is 4.79 Å². The zero-order chi connectivity index (χ0) is 21.0. The molecule has 2 aromatic carbocycles. The SMILES string of the molecule is CCOC(=O)C(C/C1=C/CCCCCC1)N(Cc1ccccc1)Cc1ccccc1. The van der Waals surface area contributed by atoms with Gasteiger partial charge >= 0.3 is 5.97 Å². The van der Waals surface area contributed by atoms with Crippen LogP contribution in [0.1, 0.15) is 63.0 Å². The number of carbonyl (C=O) groups is 1. The maximum atomic E-state index is 13.1. The maximum Gasteiger partial charge on any atom is 0.323 e. The van der Waals surface area contributed by atoms with Crippen LogP contribution in [-0.2, 0) is 22.6 Å². The summed E-state index contributed by atoms with van der Waals surface area (Å²) in [5.41, 5.74) is 3.85. The van der Waals surface area contributed by atoms with Crippen molar-refractivity contribution in [3.05, 3.63) is 83.4 Å². The minimum Gasteiger partial charge on any atom is -0.465 e. The first-order valence-corrected chi connectivity index (χ1v) is 11.4.